The van der Waals surface area contributed by atoms with Gasteiger partial charge in [-0.2, -0.15) is 0 Å². The van der Waals surface area contributed by atoms with Gasteiger partial charge in [0, 0.05) is 24.2 Å². The second-order valence-corrected chi connectivity index (χ2v) is 6.06. The molecule has 0 radical (unpaired) electrons. The number of halogens is 2. The first kappa shape index (κ1) is 15.6. The van der Waals surface area contributed by atoms with Crippen LogP contribution in [0.25, 0.3) is 0 Å². The number of nitrogens with one attached hydrogen (secondary N) is 1. The fourth-order valence-electron chi connectivity index (χ4n) is 2.25. The Hall–Kier alpha value is -0.810. The Balaban J connectivity index is 1.93. The summed E-state index contributed by atoms with van der Waals surface area (Å²) in [5.41, 5.74) is 7.29. The number of aryl methyl sites for hydroxylation is 1. The molecule has 1 amide bonds. The van der Waals surface area contributed by atoms with Crippen molar-refractivity contribution in [3.63, 3.8) is 0 Å². The number of rotatable bonds is 3. The van der Waals surface area contributed by atoms with Crippen molar-refractivity contribution in [2.45, 2.75) is 25.8 Å². The maximum absolute atomic E-state index is 12.0. The van der Waals surface area contributed by atoms with Crippen LogP contribution >= 0.6 is 23.2 Å². The van der Waals surface area contributed by atoms with E-state index >= 15 is 0 Å². The number of amides is 1. The first-order chi connectivity index (χ1) is 9.45. The van der Waals surface area contributed by atoms with Crippen molar-refractivity contribution in [1.29, 1.82) is 0 Å². The van der Waals surface area contributed by atoms with E-state index in [-0.39, 0.29) is 11.9 Å². The predicted molar refractivity (Wildman–Crippen MR) is 83.5 cm³/mol. The van der Waals surface area contributed by atoms with Gasteiger partial charge in [0.15, 0.2) is 0 Å². The Kier molecular flexibility index (Phi) is 5.27. The number of nitrogens with two attached hydrogens (primary N) is 1. The SMILES string of the molecule is Cc1cc(Cl)c(NC(=O)CN2CCC(N)CC2)cc1Cl. The van der Waals surface area contributed by atoms with E-state index in [0.29, 0.717) is 22.3 Å². The summed E-state index contributed by atoms with van der Waals surface area (Å²) in [5, 5.41) is 3.90. The maximum Gasteiger partial charge on any atom is 0.238 e. The van der Waals surface area contributed by atoms with Crippen LogP contribution in [0.15, 0.2) is 12.1 Å². The van der Waals surface area contributed by atoms with E-state index < -0.39 is 0 Å². The minimum absolute atomic E-state index is 0.0812. The number of likely N-dealkylation sites (tertiary alicyclic amines) is 1. The van der Waals surface area contributed by atoms with E-state index in [0.717, 1.165) is 31.5 Å². The third kappa shape index (κ3) is 4.09. The van der Waals surface area contributed by atoms with E-state index in [2.05, 4.69) is 10.2 Å². The van der Waals surface area contributed by atoms with Gasteiger partial charge in [0.05, 0.1) is 17.3 Å². The molecule has 0 atom stereocenters. The number of carbonyl (C=O) groups excluding carboxylic acids is 1. The third-order valence-electron chi connectivity index (χ3n) is 3.52. The number of nitrogens with zero attached hydrogens (tertiary/aromatic N) is 1. The van der Waals surface area contributed by atoms with Crippen LogP contribution in [0.5, 0.6) is 0 Å². The normalized spacial score (nSPS) is 17.2. The summed E-state index contributed by atoms with van der Waals surface area (Å²) in [6, 6.07) is 3.70. The van der Waals surface area contributed by atoms with Crippen LogP contribution in [0, 0.1) is 6.92 Å². The fourth-order valence-corrected chi connectivity index (χ4v) is 2.68. The first-order valence-corrected chi connectivity index (χ1v) is 7.44. The zero-order valence-electron chi connectivity index (χ0n) is 11.5. The van der Waals surface area contributed by atoms with E-state index in [9.17, 15) is 4.79 Å². The number of benzene rings is 1. The molecule has 0 unspecified atom stereocenters. The van der Waals surface area contributed by atoms with Gasteiger partial charge in [0.2, 0.25) is 5.91 Å². The van der Waals surface area contributed by atoms with Gasteiger partial charge in [-0.15, -0.1) is 0 Å². The molecule has 0 spiro atoms. The van der Waals surface area contributed by atoms with Crippen LogP contribution in [-0.2, 0) is 4.79 Å². The molecular formula is C14H19Cl2N3O. The van der Waals surface area contributed by atoms with Gasteiger partial charge in [0.1, 0.15) is 0 Å². The molecule has 4 nitrogen and oxygen atoms in total. The largest absolute Gasteiger partial charge is 0.328 e. The molecule has 2 rings (SSSR count). The highest BCUT2D eigenvalue weighted by atomic mass is 35.5. The highest BCUT2D eigenvalue weighted by Crippen LogP contribution is 2.28. The van der Waals surface area contributed by atoms with Gasteiger partial charge in [-0.25, -0.2) is 0 Å². The van der Waals surface area contributed by atoms with Gasteiger partial charge in [-0.05, 0) is 37.5 Å². The van der Waals surface area contributed by atoms with Gasteiger partial charge >= 0.3 is 0 Å². The van der Waals surface area contributed by atoms with Crippen molar-refractivity contribution in [2.24, 2.45) is 5.73 Å². The average molecular weight is 316 g/mol. The molecule has 1 aliphatic heterocycles. The van der Waals surface area contributed by atoms with Gasteiger partial charge in [-0.3, -0.25) is 9.69 Å². The van der Waals surface area contributed by atoms with E-state index in [1.54, 1.807) is 12.1 Å². The summed E-state index contributed by atoms with van der Waals surface area (Å²) in [4.78, 5) is 14.1. The summed E-state index contributed by atoms with van der Waals surface area (Å²) < 4.78 is 0. The molecule has 1 fully saturated rings. The molecule has 110 valence electrons. The highest BCUT2D eigenvalue weighted by molar-refractivity contribution is 6.36. The third-order valence-corrected chi connectivity index (χ3v) is 4.24. The zero-order chi connectivity index (χ0) is 14.7. The van der Waals surface area contributed by atoms with Crippen molar-refractivity contribution in [2.75, 3.05) is 25.0 Å². The topological polar surface area (TPSA) is 58.4 Å². The Morgan fingerprint density at radius 1 is 1.35 bits per heavy atom. The van der Waals surface area contributed by atoms with Crippen molar-refractivity contribution in [3.05, 3.63) is 27.7 Å². The Labute approximate surface area is 129 Å². The molecule has 1 heterocycles. The molecule has 1 aromatic rings. The van der Waals surface area contributed by atoms with Crippen molar-refractivity contribution in [3.8, 4) is 0 Å². The van der Waals surface area contributed by atoms with Crippen LogP contribution in [0.3, 0.4) is 0 Å². The molecule has 6 heteroatoms. The van der Waals surface area contributed by atoms with Gasteiger partial charge in [-0.1, -0.05) is 23.2 Å². The lowest BCUT2D eigenvalue weighted by atomic mass is 10.1. The van der Waals surface area contributed by atoms with Gasteiger partial charge < -0.3 is 11.1 Å². The summed E-state index contributed by atoms with van der Waals surface area (Å²) in [6.07, 6.45) is 1.87. The van der Waals surface area contributed by atoms with Crippen molar-refractivity contribution >= 4 is 34.8 Å². The predicted octanol–water partition coefficient (Wildman–Crippen LogP) is 2.66. The van der Waals surface area contributed by atoms with Crippen molar-refractivity contribution < 1.29 is 4.79 Å². The van der Waals surface area contributed by atoms with Gasteiger partial charge in [0.25, 0.3) is 0 Å². The minimum atomic E-state index is -0.0812. The zero-order valence-corrected chi connectivity index (χ0v) is 13.0. The monoisotopic (exact) mass is 315 g/mol. The summed E-state index contributed by atoms with van der Waals surface area (Å²) >= 11 is 12.1. The van der Waals surface area contributed by atoms with E-state index in [1.165, 1.54) is 0 Å². The molecule has 3 N–H and O–H groups in total. The number of carbonyl (C=O) groups is 1. The summed E-state index contributed by atoms with van der Waals surface area (Å²) in [7, 11) is 0. The number of piperidine rings is 1. The summed E-state index contributed by atoms with van der Waals surface area (Å²) in [5.74, 6) is -0.0812. The Morgan fingerprint density at radius 3 is 2.65 bits per heavy atom. The quantitative estimate of drug-likeness (QED) is 0.901. The molecule has 0 saturated carbocycles. The van der Waals surface area contributed by atoms with Crippen LogP contribution in [0.4, 0.5) is 5.69 Å². The standard InChI is InChI=1S/C14H19Cl2N3O/c1-9-6-12(16)13(7-11(9)15)18-14(20)8-19-4-2-10(17)3-5-19/h6-7,10H,2-5,8,17H2,1H3,(H,18,20). The minimum Gasteiger partial charge on any atom is -0.328 e. The summed E-state index contributed by atoms with van der Waals surface area (Å²) in [6.45, 7) is 3.94. The lowest BCUT2D eigenvalue weighted by Gasteiger charge is -2.29. The number of hydrogen-bond donors (Lipinski definition) is 2. The second-order valence-electron chi connectivity index (χ2n) is 5.24. The smallest absolute Gasteiger partial charge is 0.238 e. The molecule has 1 saturated heterocycles. The Morgan fingerprint density at radius 2 is 2.00 bits per heavy atom. The van der Waals surface area contributed by atoms with Crippen molar-refractivity contribution in [1.82, 2.24) is 4.90 Å². The molecular weight excluding hydrogens is 297 g/mol. The van der Waals surface area contributed by atoms with E-state index in [4.69, 9.17) is 28.9 Å². The number of anilines is 1. The molecule has 1 aliphatic rings. The molecule has 0 aromatic heterocycles. The molecule has 1 aromatic carbocycles. The van der Waals surface area contributed by atoms with Crippen LogP contribution in [-0.4, -0.2) is 36.5 Å². The lowest BCUT2D eigenvalue weighted by Crippen LogP contribution is -2.43. The van der Waals surface area contributed by atoms with Crippen LogP contribution in [0.1, 0.15) is 18.4 Å². The fraction of sp³-hybridized carbons (Fsp3) is 0.500. The Bertz CT molecular complexity index is 499. The molecule has 0 aliphatic carbocycles. The lowest BCUT2D eigenvalue weighted by molar-refractivity contribution is -0.117. The highest BCUT2D eigenvalue weighted by Gasteiger charge is 2.18. The molecule has 20 heavy (non-hydrogen) atoms. The molecule has 0 bridgehead atoms. The van der Waals surface area contributed by atoms with Crippen LogP contribution < -0.4 is 11.1 Å². The van der Waals surface area contributed by atoms with Crippen LogP contribution in [0.2, 0.25) is 10.0 Å². The average Bonchev–Trinajstić information content (AvgIpc) is 2.39. The number of hydrogen-bond acceptors (Lipinski definition) is 3. The first-order valence-electron chi connectivity index (χ1n) is 6.69. The maximum atomic E-state index is 12.0. The second kappa shape index (κ2) is 6.76. The van der Waals surface area contributed by atoms with E-state index in [1.807, 2.05) is 6.92 Å².